The summed E-state index contributed by atoms with van der Waals surface area (Å²) in [6, 6.07) is 5.48. The second kappa shape index (κ2) is 6.17. The fourth-order valence-electron chi connectivity index (χ4n) is 2.20. The SMILES string of the molecule is Nc1nc(NCCCO)c2cc(Cl)c(-c3ccn[nH]3)cc2n1. The maximum atomic E-state index is 8.87. The number of benzene rings is 1. The van der Waals surface area contributed by atoms with Gasteiger partial charge in [0.25, 0.3) is 0 Å². The number of aliphatic hydroxyl groups is 1. The molecule has 0 amide bonds. The molecule has 0 aliphatic rings. The Labute approximate surface area is 131 Å². The highest BCUT2D eigenvalue weighted by Gasteiger charge is 2.12. The third-order valence-electron chi connectivity index (χ3n) is 3.22. The Hall–Kier alpha value is -2.38. The van der Waals surface area contributed by atoms with Gasteiger partial charge in [0, 0.05) is 30.3 Å². The molecule has 5 N–H and O–H groups in total. The topological polar surface area (TPSA) is 113 Å². The van der Waals surface area contributed by atoms with E-state index >= 15 is 0 Å². The summed E-state index contributed by atoms with van der Waals surface area (Å²) in [6.07, 6.45) is 2.28. The van der Waals surface area contributed by atoms with Gasteiger partial charge in [0.1, 0.15) is 5.82 Å². The predicted molar refractivity (Wildman–Crippen MR) is 86.7 cm³/mol. The number of hydrogen-bond acceptors (Lipinski definition) is 6. The number of nitrogens with zero attached hydrogens (tertiary/aromatic N) is 3. The molecule has 0 saturated carbocycles. The molecule has 1 aromatic carbocycles. The van der Waals surface area contributed by atoms with E-state index in [4.69, 9.17) is 22.4 Å². The van der Waals surface area contributed by atoms with Crippen LogP contribution in [0, 0.1) is 0 Å². The lowest BCUT2D eigenvalue weighted by Gasteiger charge is -2.11. The Balaban J connectivity index is 2.09. The number of nitrogen functional groups attached to an aromatic ring is 1. The van der Waals surface area contributed by atoms with Gasteiger partial charge in [-0.25, -0.2) is 4.98 Å². The van der Waals surface area contributed by atoms with Crippen molar-refractivity contribution in [3.05, 3.63) is 29.4 Å². The summed E-state index contributed by atoms with van der Waals surface area (Å²) in [5.74, 6) is 0.783. The van der Waals surface area contributed by atoms with Crippen molar-refractivity contribution in [2.45, 2.75) is 6.42 Å². The van der Waals surface area contributed by atoms with Crippen molar-refractivity contribution in [2.24, 2.45) is 0 Å². The third-order valence-corrected chi connectivity index (χ3v) is 3.53. The predicted octanol–water partition coefficient (Wildman–Crippen LogP) is 2.05. The lowest BCUT2D eigenvalue weighted by molar-refractivity contribution is 0.292. The summed E-state index contributed by atoms with van der Waals surface area (Å²) < 4.78 is 0. The van der Waals surface area contributed by atoms with E-state index in [1.165, 1.54) is 0 Å². The molecule has 0 fully saturated rings. The zero-order valence-electron chi connectivity index (χ0n) is 11.7. The first-order chi connectivity index (χ1) is 10.7. The van der Waals surface area contributed by atoms with Crippen LogP contribution in [0.25, 0.3) is 22.2 Å². The van der Waals surface area contributed by atoms with E-state index in [2.05, 4.69) is 25.5 Å². The number of nitrogens with one attached hydrogen (secondary N) is 2. The molecule has 0 aliphatic carbocycles. The molecule has 0 aliphatic heterocycles. The van der Waals surface area contributed by atoms with Crippen LogP contribution in [0.1, 0.15) is 6.42 Å². The second-order valence-corrected chi connectivity index (χ2v) is 5.16. The van der Waals surface area contributed by atoms with E-state index in [0.717, 1.165) is 16.6 Å². The first-order valence-corrected chi connectivity index (χ1v) is 7.18. The molecule has 0 saturated heterocycles. The van der Waals surface area contributed by atoms with Crippen LogP contribution in [0.4, 0.5) is 11.8 Å². The average Bonchev–Trinajstić information content (AvgIpc) is 3.01. The van der Waals surface area contributed by atoms with Gasteiger partial charge in [0.05, 0.1) is 16.2 Å². The first-order valence-electron chi connectivity index (χ1n) is 6.80. The molecule has 0 radical (unpaired) electrons. The number of aromatic amines is 1. The molecule has 3 aromatic rings. The Kier molecular flexibility index (Phi) is 4.08. The molecular formula is C14H15ClN6O. The lowest BCUT2D eigenvalue weighted by Crippen LogP contribution is -2.08. The smallest absolute Gasteiger partial charge is 0.222 e. The number of rotatable bonds is 5. The Morgan fingerprint density at radius 2 is 2.18 bits per heavy atom. The summed E-state index contributed by atoms with van der Waals surface area (Å²) in [5.41, 5.74) is 8.06. The largest absolute Gasteiger partial charge is 0.396 e. The normalized spacial score (nSPS) is 11.0. The van der Waals surface area contributed by atoms with Gasteiger partial charge in [-0.3, -0.25) is 5.10 Å². The standard InChI is InChI=1S/C14H15ClN6O/c15-10-6-9-12(7-8(10)11-2-4-18-21-11)19-14(16)20-13(9)17-3-1-5-22/h2,4,6-7,22H,1,3,5H2,(H,18,21)(H3,16,17,19,20). The highest BCUT2D eigenvalue weighted by atomic mass is 35.5. The molecular weight excluding hydrogens is 304 g/mol. The summed E-state index contributed by atoms with van der Waals surface area (Å²) >= 11 is 6.37. The van der Waals surface area contributed by atoms with Gasteiger partial charge in [-0.05, 0) is 24.6 Å². The van der Waals surface area contributed by atoms with Gasteiger partial charge in [0.15, 0.2) is 0 Å². The van der Waals surface area contributed by atoms with Crippen LogP contribution in [0.2, 0.25) is 5.02 Å². The quantitative estimate of drug-likeness (QED) is 0.535. The number of aromatic nitrogens is 4. The summed E-state index contributed by atoms with van der Waals surface area (Å²) in [6.45, 7) is 0.693. The summed E-state index contributed by atoms with van der Waals surface area (Å²) in [4.78, 5) is 8.46. The number of nitrogens with two attached hydrogens (primary N) is 1. The van der Waals surface area contributed by atoms with E-state index < -0.39 is 0 Å². The highest BCUT2D eigenvalue weighted by Crippen LogP contribution is 2.33. The second-order valence-electron chi connectivity index (χ2n) is 4.75. The maximum Gasteiger partial charge on any atom is 0.222 e. The van der Waals surface area contributed by atoms with Crippen molar-refractivity contribution in [3.8, 4) is 11.3 Å². The van der Waals surface area contributed by atoms with Crippen LogP contribution in [0.5, 0.6) is 0 Å². The number of H-pyrrole nitrogens is 1. The molecule has 3 rings (SSSR count). The van der Waals surface area contributed by atoms with E-state index in [-0.39, 0.29) is 12.6 Å². The molecule has 8 heteroatoms. The van der Waals surface area contributed by atoms with E-state index in [0.29, 0.717) is 29.3 Å². The van der Waals surface area contributed by atoms with Crippen molar-refractivity contribution in [1.29, 1.82) is 0 Å². The summed E-state index contributed by atoms with van der Waals surface area (Å²) in [7, 11) is 0. The Morgan fingerprint density at radius 3 is 2.91 bits per heavy atom. The fraction of sp³-hybridized carbons (Fsp3) is 0.214. The molecule has 0 bridgehead atoms. The third kappa shape index (κ3) is 2.81. The molecule has 2 aromatic heterocycles. The first kappa shape index (κ1) is 14.6. The number of fused-ring (bicyclic) bond motifs is 1. The number of halogens is 1. The van der Waals surface area contributed by atoms with E-state index in [9.17, 15) is 0 Å². The van der Waals surface area contributed by atoms with E-state index in [1.54, 1.807) is 12.3 Å². The van der Waals surface area contributed by atoms with Crippen molar-refractivity contribution in [3.63, 3.8) is 0 Å². The van der Waals surface area contributed by atoms with Crippen LogP contribution < -0.4 is 11.1 Å². The van der Waals surface area contributed by atoms with Crippen LogP contribution in [-0.4, -0.2) is 38.4 Å². The minimum absolute atomic E-state index is 0.107. The molecule has 2 heterocycles. The number of aliphatic hydroxyl groups excluding tert-OH is 1. The molecule has 22 heavy (non-hydrogen) atoms. The summed E-state index contributed by atoms with van der Waals surface area (Å²) in [5, 5.41) is 20.2. The van der Waals surface area contributed by atoms with Crippen LogP contribution in [0.15, 0.2) is 24.4 Å². The molecule has 0 atom stereocenters. The lowest BCUT2D eigenvalue weighted by atomic mass is 10.1. The van der Waals surface area contributed by atoms with Gasteiger partial charge in [-0.1, -0.05) is 11.6 Å². The molecule has 7 nitrogen and oxygen atoms in total. The van der Waals surface area contributed by atoms with Crippen LogP contribution >= 0.6 is 11.6 Å². The van der Waals surface area contributed by atoms with Gasteiger partial charge in [0.2, 0.25) is 5.95 Å². The zero-order chi connectivity index (χ0) is 15.5. The molecule has 0 unspecified atom stereocenters. The van der Waals surface area contributed by atoms with Gasteiger partial charge < -0.3 is 16.2 Å². The van der Waals surface area contributed by atoms with Crippen LogP contribution in [0.3, 0.4) is 0 Å². The monoisotopic (exact) mass is 318 g/mol. The average molecular weight is 319 g/mol. The van der Waals surface area contributed by atoms with E-state index in [1.807, 2.05) is 12.1 Å². The van der Waals surface area contributed by atoms with Gasteiger partial charge in [-0.15, -0.1) is 0 Å². The van der Waals surface area contributed by atoms with Crippen molar-refractivity contribution >= 4 is 34.3 Å². The maximum absolute atomic E-state index is 8.87. The van der Waals surface area contributed by atoms with Crippen molar-refractivity contribution in [2.75, 3.05) is 24.2 Å². The van der Waals surface area contributed by atoms with Gasteiger partial charge in [-0.2, -0.15) is 10.1 Å². The minimum atomic E-state index is 0.107. The Bertz CT molecular complexity index is 790. The van der Waals surface area contributed by atoms with Crippen molar-refractivity contribution in [1.82, 2.24) is 20.2 Å². The van der Waals surface area contributed by atoms with Crippen LogP contribution in [-0.2, 0) is 0 Å². The molecule has 114 valence electrons. The highest BCUT2D eigenvalue weighted by molar-refractivity contribution is 6.34. The number of anilines is 2. The Morgan fingerprint density at radius 1 is 1.32 bits per heavy atom. The van der Waals surface area contributed by atoms with Gasteiger partial charge >= 0.3 is 0 Å². The van der Waals surface area contributed by atoms with Crippen molar-refractivity contribution < 1.29 is 5.11 Å². The fourth-order valence-corrected chi connectivity index (χ4v) is 2.47. The molecule has 0 spiro atoms. The zero-order valence-corrected chi connectivity index (χ0v) is 12.4. The minimum Gasteiger partial charge on any atom is -0.396 e. The number of hydrogen-bond donors (Lipinski definition) is 4.